The van der Waals surface area contributed by atoms with Gasteiger partial charge in [-0.15, -0.1) is 0 Å². The van der Waals surface area contributed by atoms with E-state index in [0.29, 0.717) is 5.13 Å². The van der Waals surface area contributed by atoms with E-state index in [2.05, 4.69) is 31.0 Å². The molecule has 2 aromatic rings. The molecule has 0 bridgehead atoms. The number of nitrogens with two attached hydrogens (primary N) is 1. The second-order valence-corrected chi connectivity index (χ2v) is 4.97. The minimum Gasteiger partial charge on any atom is -0.493 e. The van der Waals surface area contributed by atoms with Gasteiger partial charge in [-0.25, -0.2) is 4.98 Å². The normalized spacial score (nSPS) is 10.5. The van der Waals surface area contributed by atoms with E-state index in [1.165, 1.54) is 16.9 Å². The minimum absolute atomic E-state index is 0.586. The van der Waals surface area contributed by atoms with Crippen LogP contribution < -0.4 is 10.5 Å². The molecule has 1 heterocycles. The molecule has 0 unspecified atom stereocenters. The van der Waals surface area contributed by atoms with Crippen LogP contribution in [-0.4, -0.2) is 11.6 Å². The van der Waals surface area contributed by atoms with Crippen LogP contribution in [-0.2, 0) is 0 Å². The molecule has 1 aromatic heterocycles. The van der Waals surface area contributed by atoms with Crippen LogP contribution in [0.15, 0.2) is 24.4 Å². The number of nitrogens with zero attached hydrogens (tertiary/aromatic N) is 1. The highest BCUT2D eigenvalue weighted by Crippen LogP contribution is 2.35. The lowest BCUT2D eigenvalue weighted by Crippen LogP contribution is -1.96. The maximum absolute atomic E-state index is 5.74. The van der Waals surface area contributed by atoms with Crippen LogP contribution in [0, 0.1) is 6.92 Å². The van der Waals surface area contributed by atoms with E-state index >= 15 is 0 Å². The fourth-order valence-electron chi connectivity index (χ4n) is 1.59. The van der Waals surface area contributed by atoms with Gasteiger partial charge in [0.2, 0.25) is 0 Å². The predicted octanol–water partition coefficient (Wildman–Crippen LogP) is 3.49. The summed E-state index contributed by atoms with van der Waals surface area (Å²) in [5.41, 5.74) is 7.95. The highest BCUT2D eigenvalue weighted by Gasteiger charge is 2.09. The summed E-state index contributed by atoms with van der Waals surface area (Å²) in [6, 6.07) is 6.17. The maximum Gasteiger partial charge on any atom is 0.180 e. The first-order valence-corrected chi connectivity index (χ1v) is 6.47. The monoisotopic (exact) mass is 248 g/mol. The Hall–Kier alpha value is -1.55. The van der Waals surface area contributed by atoms with Crippen LogP contribution in [0.4, 0.5) is 5.13 Å². The van der Waals surface area contributed by atoms with Gasteiger partial charge in [-0.3, -0.25) is 0 Å². The lowest BCUT2D eigenvalue weighted by molar-refractivity contribution is 0.318. The Morgan fingerprint density at radius 2 is 2.24 bits per heavy atom. The molecule has 17 heavy (non-hydrogen) atoms. The van der Waals surface area contributed by atoms with Gasteiger partial charge < -0.3 is 10.5 Å². The van der Waals surface area contributed by atoms with Gasteiger partial charge in [0.1, 0.15) is 5.75 Å². The number of thiazole rings is 1. The van der Waals surface area contributed by atoms with Gasteiger partial charge in [0.25, 0.3) is 0 Å². The van der Waals surface area contributed by atoms with Crippen LogP contribution >= 0.6 is 11.3 Å². The first kappa shape index (κ1) is 11.9. The molecule has 0 saturated heterocycles. The second-order valence-electron chi connectivity index (χ2n) is 3.91. The summed E-state index contributed by atoms with van der Waals surface area (Å²) in [6.45, 7) is 4.89. The van der Waals surface area contributed by atoms with Crippen molar-refractivity contribution in [3.63, 3.8) is 0 Å². The number of rotatable bonds is 4. The Morgan fingerprint density at radius 3 is 2.88 bits per heavy atom. The Bertz CT molecular complexity index is 508. The van der Waals surface area contributed by atoms with Crippen LogP contribution in [0.25, 0.3) is 10.4 Å². The van der Waals surface area contributed by atoms with Gasteiger partial charge in [-0.1, -0.05) is 29.9 Å². The zero-order valence-corrected chi connectivity index (χ0v) is 10.9. The SMILES string of the molecule is CCCOc1ccc(C)cc1-c1cnc(N)s1. The molecule has 2 rings (SSSR count). The number of ether oxygens (including phenoxy) is 1. The molecule has 3 nitrogen and oxygen atoms in total. The molecule has 1 aromatic carbocycles. The lowest BCUT2D eigenvalue weighted by atomic mass is 10.1. The molecule has 0 amide bonds. The van der Waals surface area contributed by atoms with E-state index in [1.54, 1.807) is 6.20 Å². The third-order valence-corrected chi connectivity index (χ3v) is 3.25. The highest BCUT2D eigenvalue weighted by molar-refractivity contribution is 7.18. The van der Waals surface area contributed by atoms with Crippen molar-refractivity contribution in [2.24, 2.45) is 0 Å². The van der Waals surface area contributed by atoms with E-state index in [-0.39, 0.29) is 0 Å². The topological polar surface area (TPSA) is 48.1 Å². The molecule has 0 aliphatic rings. The fourth-order valence-corrected chi connectivity index (χ4v) is 2.29. The zero-order valence-electron chi connectivity index (χ0n) is 10.1. The first-order valence-electron chi connectivity index (χ1n) is 5.66. The third kappa shape index (κ3) is 2.77. The van der Waals surface area contributed by atoms with Crippen molar-refractivity contribution in [3.05, 3.63) is 30.0 Å². The Morgan fingerprint density at radius 1 is 1.41 bits per heavy atom. The van der Waals surface area contributed by atoms with Crippen LogP contribution in [0.3, 0.4) is 0 Å². The summed E-state index contributed by atoms with van der Waals surface area (Å²) < 4.78 is 5.74. The van der Waals surface area contributed by atoms with Crippen molar-refractivity contribution >= 4 is 16.5 Å². The second kappa shape index (κ2) is 5.19. The number of hydrogen-bond donors (Lipinski definition) is 1. The summed E-state index contributed by atoms with van der Waals surface area (Å²) in [4.78, 5) is 5.14. The molecule has 90 valence electrons. The van der Waals surface area contributed by atoms with Crippen LogP contribution in [0.1, 0.15) is 18.9 Å². The Kier molecular flexibility index (Phi) is 3.64. The van der Waals surface area contributed by atoms with E-state index in [1.807, 2.05) is 6.07 Å². The number of aromatic nitrogens is 1. The molecular weight excluding hydrogens is 232 g/mol. The highest BCUT2D eigenvalue weighted by atomic mass is 32.1. The van der Waals surface area contributed by atoms with E-state index < -0.39 is 0 Å². The third-order valence-electron chi connectivity index (χ3n) is 2.39. The lowest BCUT2D eigenvalue weighted by Gasteiger charge is -2.10. The predicted molar refractivity (Wildman–Crippen MR) is 72.5 cm³/mol. The minimum atomic E-state index is 0.586. The van der Waals surface area contributed by atoms with Crippen molar-refractivity contribution in [3.8, 4) is 16.2 Å². The standard InChI is InChI=1S/C13H16N2OS/c1-3-6-16-11-5-4-9(2)7-10(11)12-8-15-13(14)17-12/h4-5,7-8H,3,6H2,1-2H3,(H2,14,15). The van der Waals surface area contributed by atoms with Crippen molar-refractivity contribution in [1.82, 2.24) is 4.98 Å². The largest absolute Gasteiger partial charge is 0.493 e. The van der Waals surface area contributed by atoms with Crippen LogP contribution in [0.2, 0.25) is 0 Å². The van der Waals surface area contributed by atoms with Crippen molar-refractivity contribution in [2.75, 3.05) is 12.3 Å². The molecule has 4 heteroatoms. The van der Waals surface area contributed by atoms with Gasteiger partial charge in [0.15, 0.2) is 5.13 Å². The average molecular weight is 248 g/mol. The molecule has 0 spiro atoms. The van der Waals surface area contributed by atoms with Crippen molar-refractivity contribution in [2.45, 2.75) is 20.3 Å². The molecule has 2 N–H and O–H groups in total. The van der Waals surface area contributed by atoms with Crippen LogP contribution in [0.5, 0.6) is 5.75 Å². The summed E-state index contributed by atoms with van der Waals surface area (Å²) in [5, 5.41) is 0.586. The Labute approximate surface area is 105 Å². The first-order chi connectivity index (χ1) is 8.20. The summed E-state index contributed by atoms with van der Waals surface area (Å²) in [6.07, 6.45) is 2.80. The smallest absolute Gasteiger partial charge is 0.180 e. The van der Waals surface area contributed by atoms with Gasteiger partial charge in [-0.2, -0.15) is 0 Å². The van der Waals surface area contributed by atoms with Gasteiger partial charge >= 0.3 is 0 Å². The van der Waals surface area contributed by atoms with E-state index in [9.17, 15) is 0 Å². The summed E-state index contributed by atoms with van der Waals surface area (Å²) in [7, 11) is 0. The molecule has 0 aliphatic heterocycles. The average Bonchev–Trinajstić information content (AvgIpc) is 2.74. The number of aryl methyl sites for hydroxylation is 1. The van der Waals surface area contributed by atoms with E-state index in [0.717, 1.165) is 29.2 Å². The summed E-state index contributed by atoms with van der Waals surface area (Å²) >= 11 is 1.48. The van der Waals surface area contributed by atoms with Crippen molar-refractivity contribution < 1.29 is 4.74 Å². The number of hydrogen-bond acceptors (Lipinski definition) is 4. The number of nitrogen functional groups attached to an aromatic ring is 1. The van der Waals surface area contributed by atoms with Gasteiger partial charge in [0.05, 0.1) is 11.5 Å². The molecule has 0 atom stereocenters. The van der Waals surface area contributed by atoms with Crippen molar-refractivity contribution in [1.29, 1.82) is 0 Å². The number of benzene rings is 1. The maximum atomic E-state index is 5.74. The molecule has 0 radical (unpaired) electrons. The fraction of sp³-hybridized carbons (Fsp3) is 0.308. The molecule has 0 aliphatic carbocycles. The molecule has 0 fully saturated rings. The van der Waals surface area contributed by atoms with Gasteiger partial charge in [0, 0.05) is 11.8 Å². The molecule has 0 saturated carbocycles. The van der Waals surface area contributed by atoms with E-state index in [4.69, 9.17) is 10.5 Å². The van der Waals surface area contributed by atoms with Gasteiger partial charge in [-0.05, 0) is 25.5 Å². The number of anilines is 1. The summed E-state index contributed by atoms with van der Waals surface area (Å²) in [5.74, 6) is 0.904. The zero-order chi connectivity index (χ0) is 12.3. The molecular formula is C13H16N2OS. The Balaban J connectivity index is 2.39. The quantitative estimate of drug-likeness (QED) is 0.901.